The molecule has 3 aromatic heterocycles. The first-order chi connectivity index (χ1) is 22.1. The second kappa shape index (κ2) is 13.2. The lowest BCUT2D eigenvalue weighted by Crippen LogP contribution is -2.41. The SMILES string of the molecule is CCCCN(C)c1cccc(S(=O)(=O)NC(=O)c2ccc(-n3ccc(OCCC(C4CC4)C4CC4)n3)nc2N2CCCC2(C)C)n1. The van der Waals surface area contributed by atoms with Crippen LogP contribution in [-0.2, 0) is 10.0 Å². The van der Waals surface area contributed by atoms with Crippen LogP contribution in [0.2, 0.25) is 0 Å². The summed E-state index contributed by atoms with van der Waals surface area (Å²) in [7, 11) is -2.37. The minimum atomic E-state index is -4.25. The Labute approximate surface area is 272 Å². The number of anilines is 2. The number of hydrogen-bond donors (Lipinski definition) is 1. The number of sulfonamides is 1. The van der Waals surface area contributed by atoms with Crippen molar-refractivity contribution in [1.82, 2.24) is 24.5 Å². The van der Waals surface area contributed by atoms with Gasteiger partial charge in [0.2, 0.25) is 5.88 Å². The molecule has 2 aliphatic carbocycles. The monoisotopic (exact) mass is 649 g/mol. The van der Waals surface area contributed by atoms with Gasteiger partial charge in [-0.2, -0.15) is 8.42 Å². The van der Waals surface area contributed by atoms with E-state index in [0.717, 1.165) is 56.4 Å². The van der Waals surface area contributed by atoms with E-state index < -0.39 is 15.9 Å². The van der Waals surface area contributed by atoms with E-state index in [4.69, 9.17) is 9.72 Å². The molecule has 2 saturated carbocycles. The van der Waals surface area contributed by atoms with E-state index in [1.807, 2.05) is 18.0 Å². The molecule has 0 aromatic carbocycles. The molecule has 1 saturated heterocycles. The van der Waals surface area contributed by atoms with Crippen molar-refractivity contribution < 1.29 is 17.9 Å². The third-order valence-corrected chi connectivity index (χ3v) is 10.9. The normalized spacial score (nSPS) is 17.8. The third kappa shape index (κ3) is 7.32. The van der Waals surface area contributed by atoms with Crippen LogP contribution in [0.15, 0.2) is 47.6 Å². The van der Waals surface area contributed by atoms with E-state index in [9.17, 15) is 13.2 Å². The fourth-order valence-corrected chi connectivity index (χ4v) is 7.60. The first-order valence-corrected chi connectivity index (χ1v) is 18.3. The molecule has 12 heteroatoms. The van der Waals surface area contributed by atoms with Gasteiger partial charge in [0.25, 0.3) is 15.9 Å². The number of pyridine rings is 2. The zero-order chi connectivity index (χ0) is 32.5. The first-order valence-electron chi connectivity index (χ1n) is 16.8. The molecule has 3 aliphatic rings. The third-order valence-electron chi connectivity index (χ3n) is 9.67. The zero-order valence-corrected chi connectivity index (χ0v) is 28.3. The van der Waals surface area contributed by atoms with Crippen molar-refractivity contribution in [2.24, 2.45) is 17.8 Å². The van der Waals surface area contributed by atoms with E-state index in [-0.39, 0.29) is 16.1 Å². The molecule has 0 radical (unpaired) electrons. The predicted molar refractivity (Wildman–Crippen MR) is 178 cm³/mol. The number of hydrogen-bond acceptors (Lipinski definition) is 9. The van der Waals surface area contributed by atoms with Crippen molar-refractivity contribution in [3.8, 4) is 11.7 Å². The van der Waals surface area contributed by atoms with Gasteiger partial charge in [-0.25, -0.2) is 19.4 Å². The molecule has 46 heavy (non-hydrogen) atoms. The van der Waals surface area contributed by atoms with Crippen molar-refractivity contribution in [3.63, 3.8) is 0 Å². The van der Waals surface area contributed by atoms with E-state index in [1.54, 1.807) is 35.1 Å². The van der Waals surface area contributed by atoms with Gasteiger partial charge >= 0.3 is 0 Å². The molecule has 3 aromatic rings. The fourth-order valence-electron chi connectivity index (χ4n) is 6.67. The van der Waals surface area contributed by atoms with Gasteiger partial charge in [0.05, 0.1) is 12.2 Å². The maximum absolute atomic E-state index is 13.7. The van der Waals surface area contributed by atoms with Gasteiger partial charge in [0, 0.05) is 37.9 Å². The summed E-state index contributed by atoms with van der Waals surface area (Å²) >= 11 is 0. The molecule has 4 heterocycles. The summed E-state index contributed by atoms with van der Waals surface area (Å²) in [4.78, 5) is 26.9. The summed E-state index contributed by atoms with van der Waals surface area (Å²) in [5.41, 5.74) is -0.0929. The maximum atomic E-state index is 13.7. The molecule has 3 fully saturated rings. The molecule has 0 spiro atoms. The summed E-state index contributed by atoms with van der Waals surface area (Å²) < 4.78 is 36.7. The van der Waals surface area contributed by atoms with Gasteiger partial charge in [0.1, 0.15) is 11.6 Å². The quantitative estimate of drug-likeness (QED) is 0.224. The number of nitrogens with one attached hydrogen (secondary N) is 1. The van der Waals surface area contributed by atoms with Crippen molar-refractivity contribution >= 4 is 27.6 Å². The Morgan fingerprint density at radius 2 is 1.87 bits per heavy atom. The highest BCUT2D eigenvalue weighted by molar-refractivity contribution is 7.90. The van der Waals surface area contributed by atoms with Crippen LogP contribution in [-0.4, -0.2) is 66.4 Å². The summed E-state index contributed by atoms with van der Waals surface area (Å²) in [6.07, 6.45) is 12.1. The Morgan fingerprint density at radius 3 is 2.54 bits per heavy atom. The molecule has 0 bridgehead atoms. The van der Waals surface area contributed by atoms with Crippen LogP contribution < -0.4 is 19.3 Å². The lowest BCUT2D eigenvalue weighted by atomic mass is 9.95. The fraction of sp³-hybridized carbons (Fsp3) is 0.588. The standard InChI is InChI=1S/C34H47N7O4S/c1-5-6-20-39(4)28-9-7-10-31(35-28)46(43,44)38-33(42)27-15-16-29(36-32(27)40-21-8-19-34(40,2)3)41-22-17-30(37-41)45-23-18-26(24-11-12-24)25-13-14-25/h7,9-10,15-17,22,24-26H,5-6,8,11-14,18-21,23H2,1-4H3,(H,38,42). The number of ether oxygens (including phenoxy) is 1. The van der Waals surface area contributed by atoms with E-state index in [2.05, 4.69) is 40.5 Å². The molecule has 0 unspecified atom stereocenters. The highest BCUT2D eigenvalue weighted by Crippen LogP contribution is 2.50. The van der Waals surface area contributed by atoms with Crippen molar-refractivity contribution in [2.75, 3.05) is 36.5 Å². The van der Waals surface area contributed by atoms with E-state index in [1.165, 1.54) is 31.7 Å². The molecule has 1 aliphatic heterocycles. The van der Waals surface area contributed by atoms with Crippen LogP contribution in [0.4, 0.5) is 11.6 Å². The van der Waals surface area contributed by atoms with Crippen molar-refractivity contribution in [3.05, 3.63) is 48.2 Å². The molecular weight excluding hydrogens is 602 g/mol. The molecule has 11 nitrogen and oxygen atoms in total. The highest BCUT2D eigenvalue weighted by atomic mass is 32.2. The van der Waals surface area contributed by atoms with Gasteiger partial charge in [-0.05, 0) is 107 Å². The van der Waals surface area contributed by atoms with Crippen molar-refractivity contribution in [2.45, 2.75) is 89.1 Å². The average molecular weight is 650 g/mol. The summed E-state index contributed by atoms with van der Waals surface area (Å²) in [6.45, 7) is 8.40. The Balaban J connectivity index is 1.20. The summed E-state index contributed by atoms with van der Waals surface area (Å²) in [6, 6.07) is 9.93. The number of carbonyl (C=O) groups is 1. The number of unbranched alkanes of at least 4 members (excludes halogenated alkanes) is 1. The number of carbonyl (C=O) groups excluding carboxylic acids is 1. The van der Waals surface area contributed by atoms with Crippen LogP contribution in [0, 0.1) is 17.8 Å². The van der Waals surface area contributed by atoms with Gasteiger partial charge < -0.3 is 14.5 Å². The van der Waals surface area contributed by atoms with E-state index in [0.29, 0.717) is 36.5 Å². The van der Waals surface area contributed by atoms with Gasteiger partial charge in [-0.3, -0.25) is 4.79 Å². The van der Waals surface area contributed by atoms with Crippen LogP contribution >= 0.6 is 0 Å². The molecule has 0 atom stereocenters. The smallest absolute Gasteiger partial charge is 0.281 e. The lowest BCUT2D eigenvalue weighted by molar-refractivity contribution is 0.0981. The van der Waals surface area contributed by atoms with Gasteiger partial charge in [0.15, 0.2) is 10.8 Å². The van der Waals surface area contributed by atoms with Crippen LogP contribution in [0.25, 0.3) is 5.82 Å². The summed E-state index contributed by atoms with van der Waals surface area (Å²) in [5.74, 6) is 3.80. The van der Waals surface area contributed by atoms with E-state index >= 15 is 0 Å². The minimum Gasteiger partial charge on any atom is -0.477 e. The first kappa shape index (κ1) is 32.3. The maximum Gasteiger partial charge on any atom is 0.281 e. The van der Waals surface area contributed by atoms with Gasteiger partial charge in [-0.1, -0.05) is 19.4 Å². The van der Waals surface area contributed by atoms with Crippen LogP contribution in [0.3, 0.4) is 0 Å². The molecule has 1 amide bonds. The second-order valence-electron chi connectivity index (χ2n) is 13.7. The number of aromatic nitrogens is 4. The van der Waals surface area contributed by atoms with Crippen LogP contribution in [0.1, 0.15) is 88.9 Å². The number of rotatable bonds is 15. The Kier molecular flexibility index (Phi) is 9.27. The largest absolute Gasteiger partial charge is 0.477 e. The average Bonchev–Trinajstić information content (AvgIpc) is 3.97. The minimum absolute atomic E-state index is 0.174. The topological polar surface area (TPSA) is 123 Å². The summed E-state index contributed by atoms with van der Waals surface area (Å²) in [5, 5.41) is 4.41. The highest BCUT2D eigenvalue weighted by Gasteiger charge is 2.41. The molecule has 1 N–H and O–H groups in total. The molecule has 248 valence electrons. The second-order valence-corrected chi connectivity index (χ2v) is 15.4. The molecular formula is C34H47N7O4S. The lowest BCUT2D eigenvalue weighted by Gasteiger charge is -2.34. The Hall–Kier alpha value is -3.67. The molecule has 6 rings (SSSR count). The van der Waals surface area contributed by atoms with Crippen LogP contribution in [0.5, 0.6) is 5.88 Å². The Bertz CT molecular complexity index is 1640. The van der Waals surface area contributed by atoms with Crippen molar-refractivity contribution in [1.29, 1.82) is 0 Å². The Morgan fingerprint density at radius 1 is 1.11 bits per heavy atom. The predicted octanol–water partition coefficient (Wildman–Crippen LogP) is 5.60. The van der Waals surface area contributed by atoms with Gasteiger partial charge in [-0.15, -0.1) is 5.10 Å². The number of amides is 1. The number of nitrogens with zero attached hydrogens (tertiary/aromatic N) is 6. The zero-order valence-electron chi connectivity index (χ0n) is 27.5.